The molecule has 3 rings (SSSR count). The van der Waals surface area contributed by atoms with Crippen LogP contribution in [-0.2, 0) is 4.79 Å². The van der Waals surface area contributed by atoms with Crippen molar-refractivity contribution in [2.45, 2.75) is 32.9 Å². The molecule has 1 amide bonds. The molecule has 6 heteroatoms. The average molecular weight is 314 g/mol. The van der Waals surface area contributed by atoms with Crippen molar-refractivity contribution in [1.29, 1.82) is 0 Å². The zero-order chi connectivity index (χ0) is 16.6. The molecule has 0 unspecified atom stereocenters. The average Bonchev–Trinajstić information content (AvgIpc) is 2.82. The molecule has 6 nitrogen and oxygen atoms in total. The molecule has 122 valence electrons. The molecule has 1 aromatic carbocycles. The number of aryl methyl sites for hydroxylation is 3. The van der Waals surface area contributed by atoms with Crippen LogP contribution in [0.25, 0.3) is 0 Å². The Morgan fingerprint density at radius 1 is 1.35 bits per heavy atom. The molecule has 0 bridgehead atoms. The number of hydrogen-bond acceptors (Lipinski definition) is 4. The molecule has 1 fully saturated rings. The number of ether oxygens (including phenoxy) is 1. The Bertz CT molecular complexity index is 700. The fourth-order valence-corrected chi connectivity index (χ4v) is 2.90. The van der Waals surface area contributed by atoms with Crippen molar-refractivity contribution in [1.82, 2.24) is 15.1 Å². The molecule has 1 aliphatic rings. The van der Waals surface area contributed by atoms with Crippen molar-refractivity contribution in [3.8, 4) is 5.75 Å². The molecular weight excluding hydrogens is 292 g/mol. The van der Waals surface area contributed by atoms with Gasteiger partial charge >= 0.3 is 0 Å². The third-order valence-electron chi connectivity index (χ3n) is 4.31. The van der Waals surface area contributed by atoms with Crippen molar-refractivity contribution in [2.75, 3.05) is 13.1 Å². The highest BCUT2D eigenvalue weighted by atomic mass is 16.5. The van der Waals surface area contributed by atoms with Gasteiger partial charge in [0.2, 0.25) is 5.91 Å². The number of aromatic amines is 1. The monoisotopic (exact) mass is 314 g/mol. The van der Waals surface area contributed by atoms with Crippen LogP contribution >= 0.6 is 0 Å². The van der Waals surface area contributed by atoms with Gasteiger partial charge in [0.05, 0.1) is 18.8 Å². The molecule has 1 saturated heterocycles. The van der Waals surface area contributed by atoms with Crippen LogP contribution in [0.5, 0.6) is 5.75 Å². The highest BCUT2D eigenvalue weighted by Gasteiger charge is 2.36. The topological polar surface area (TPSA) is 84.2 Å². The predicted molar refractivity (Wildman–Crippen MR) is 87.2 cm³/mol. The van der Waals surface area contributed by atoms with Gasteiger partial charge < -0.3 is 15.4 Å². The Hall–Kier alpha value is -2.34. The van der Waals surface area contributed by atoms with E-state index in [0.717, 1.165) is 28.3 Å². The molecule has 2 heterocycles. The van der Waals surface area contributed by atoms with Gasteiger partial charge in [0.25, 0.3) is 0 Å². The summed E-state index contributed by atoms with van der Waals surface area (Å²) in [7, 11) is 0. The third-order valence-corrected chi connectivity index (χ3v) is 4.31. The van der Waals surface area contributed by atoms with E-state index in [1.165, 1.54) is 0 Å². The number of benzene rings is 1. The van der Waals surface area contributed by atoms with E-state index in [1.54, 1.807) is 4.90 Å². The number of amides is 1. The number of nitrogens with zero attached hydrogens (tertiary/aromatic N) is 2. The minimum atomic E-state index is -0.673. The fourth-order valence-electron chi connectivity index (χ4n) is 2.90. The van der Waals surface area contributed by atoms with Gasteiger partial charge in [-0.25, -0.2) is 0 Å². The molecule has 2 aromatic rings. The number of likely N-dealkylation sites (tertiary alicyclic amines) is 1. The second kappa shape index (κ2) is 6.04. The lowest BCUT2D eigenvalue weighted by molar-refractivity contribution is -0.141. The number of aromatic nitrogens is 2. The molecule has 1 aromatic heterocycles. The largest absolute Gasteiger partial charge is 0.486 e. The first-order valence-electron chi connectivity index (χ1n) is 7.75. The molecular formula is C17H22N4O2. The van der Waals surface area contributed by atoms with Gasteiger partial charge in [0.1, 0.15) is 17.9 Å². The van der Waals surface area contributed by atoms with Gasteiger partial charge in [-0.15, -0.1) is 0 Å². The molecule has 0 radical (unpaired) electrons. The number of nitrogens with one attached hydrogen (secondary N) is 1. The minimum absolute atomic E-state index is 0.0267. The van der Waals surface area contributed by atoms with Gasteiger partial charge in [-0.1, -0.05) is 18.2 Å². The van der Waals surface area contributed by atoms with Gasteiger partial charge in [-0.05, 0) is 32.4 Å². The summed E-state index contributed by atoms with van der Waals surface area (Å²) in [4.78, 5) is 14.2. The van der Waals surface area contributed by atoms with Gasteiger partial charge in [-0.3, -0.25) is 9.89 Å². The van der Waals surface area contributed by atoms with Crippen molar-refractivity contribution in [3.63, 3.8) is 0 Å². The Kier molecular flexibility index (Phi) is 4.09. The first kappa shape index (κ1) is 15.6. The smallest absolute Gasteiger partial charge is 0.244 e. The minimum Gasteiger partial charge on any atom is -0.486 e. The lowest BCUT2D eigenvalue weighted by Crippen LogP contribution is -2.58. The zero-order valence-electron chi connectivity index (χ0n) is 13.7. The third kappa shape index (κ3) is 2.94. The SMILES string of the molecule is Cc1ccccc1OC1CN(C(=O)[C@@H](N)c2c(C)n[nH]c2C)C1. The molecule has 0 aliphatic carbocycles. The number of nitrogens with two attached hydrogens (primary N) is 1. The van der Waals surface area contributed by atoms with Crippen LogP contribution in [0.2, 0.25) is 0 Å². The Labute approximate surface area is 135 Å². The first-order valence-corrected chi connectivity index (χ1v) is 7.75. The molecule has 0 saturated carbocycles. The highest BCUT2D eigenvalue weighted by molar-refractivity contribution is 5.84. The quantitative estimate of drug-likeness (QED) is 0.898. The van der Waals surface area contributed by atoms with Crippen LogP contribution in [-0.4, -0.2) is 40.2 Å². The van der Waals surface area contributed by atoms with Crippen LogP contribution in [0.3, 0.4) is 0 Å². The summed E-state index contributed by atoms with van der Waals surface area (Å²) in [5, 5.41) is 6.97. The first-order chi connectivity index (χ1) is 11.0. The van der Waals surface area contributed by atoms with Crippen LogP contribution in [0.4, 0.5) is 0 Å². The molecule has 3 N–H and O–H groups in total. The Morgan fingerprint density at radius 2 is 2.04 bits per heavy atom. The van der Waals surface area contributed by atoms with Crippen LogP contribution < -0.4 is 10.5 Å². The maximum atomic E-state index is 12.5. The maximum Gasteiger partial charge on any atom is 0.244 e. The predicted octanol–water partition coefficient (Wildman–Crippen LogP) is 1.62. The van der Waals surface area contributed by atoms with Gasteiger partial charge in [0, 0.05) is 11.3 Å². The fraction of sp³-hybridized carbons (Fsp3) is 0.412. The van der Waals surface area contributed by atoms with Gasteiger partial charge in [-0.2, -0.15) is 5.10 Å². The number of carbonyl (C=O) groups is 1. The number of rotatable bonds is 4. The van der Waals surface area contributed by atoms with E-state index in [9.17, 15) is 4.79 Å². The highest BCUT2D eigenvalue weighted by Crippen LogP contribution is 2.25. The zero-order valence-corrected chi connectivity index (χ0v) is 13.7. The molecule has 0 spiro atoms. The second-order valence-electron chi connectivity index (χ2n) is 6.07. The van der Waals surface area contributed by atoms with E-state index >= 15 is 0 Å². The summed E-state index contributed by atoms with van der Waals surface area (Å²) in [6, 6.07) is 7.21. The van der Waals surface area contributed by atoms with Crippen LogP contribution in [0.15, 0.2) is 24.3 Å². The van der Waals surface area contributed by atoms with Crippen molar-refractivity contribution >= 4 is 5.91 Å². The second-order valence-corrected chi connectivity index (χ2v) is 6.07. The number of H-pyrrole nitrogens is 1. The number of carbonyl (C=O) groups excluding carboxylic acids is 1. The summed E-state index contributed by atoms with van der Waals surface area (Å²) in [6.45, 7) is 6.87. The van der Waals surface area contributed by atoms with Gasteiger partial charge in [0.15, 0.2) is 0 Å². The van der Waals surface area contributed by atoms with Crippen molar-refractivity contribution in [3.05, 3.63) is 46.8 Å². The summed E-state index contributed by atoms with van der Waals surface area (Å²) < 4.78 is 5.93. The van der Waals surface area contributed by atoms with E-state index in [4.69, 9.17) is 10.5 Å². The standard InChI is InChI=1S/C17H22N4O2/c1-10-6-4-5-7-14(10)23-13-8-21(9-13)17(22)16(18)15-11(2)19-20-12(15)3/h4-7,13,16H,8-9,18H2,1-3H3,(H,19,20)/t16-/m0/s1. The van der Waals surface area contributed by atoms with E-state index in [2.05, 4.69) is 10.2 Å². The summed E-state index contributed by atoms with van der Waals surface area (Å²) in [5.41, 5.74) is 9.63. The molecule has 1 aliphatic heterocycles. The number of hydrogen-bond donors (Lipinski definition) is 2. The Morgan fingerprint density at radius 3 is 2.65 bits per heavy atom. The summed E-state index contributed by atoms with van der Waals surface area (Å²) >= 11 is 0. The lowest BCUT2D eigenvalue weighted by atomic mass is 10.0. The van der Waals surface area contributed by atoms with E-state index in [-0.39, 0.29) is 12.0 Å². The summed E-state index contributed by atoms with van der Waals surface area (Å²) in [5.74, 6) is 0.789. The molecule has 1 atom stereocenters. The number of para-hydroxylation sites is 1. The van der Waals surface area contributed by atoms with Crippen LogP contribution in [0, 0.1) is 20.8 Å². The van der Waals surface area contributed by atoms with Crippen molar-refractivity contribution < 1.29 is 9.53 Å². The van der Waals surface area contributed by atoms with E-state index in [0.29, 0.717) is 13.1 Å². The van der Waals surface area contributed by atoms with Crippen molar-refractivity contribution in [2.24, 2.45) is 5.73 Å². The Balaban J connectivity index is 1.59. The van der Waals surface area contributed by atoms with Crippen LogP contribution in [0.1, 0.15) is 28.6 Å². The maximum absolute atomic E-state index is 12.5. The lowest BCUT2D eigenvalue weighted by Gasteiger charge is -2.40. The normalized spacial score (nSPS) is 16.1. The van der Waals surface area contributed by atoms with E-state index < -0.39 is 6.04 Å². The molecule has 23 heavy (non-hydrogen) atoms. The summed E-state index contributed by atoms with van der Waals surface area (Å²) in [6.07, 6.45) is 0.0267. The van der Waals surface area contributed by atoms with E-state index in [1.807, 2.05) is 45.0 Å².